The molecular weight excluding hydrogens is 186 g/mol. The molecule has 5 rings (SSSR count). The van der Waals surface area contributed by atoms with Gasteiger partial charge in [-0.05, 0) is 36.8 Å². The highest BCUT2D eigenvalue weighted by Gasteiger charge is 2.59. The summed E-state index contributed by atoms with van der Waals surface area (Å²) in [5, 5.41) is 0. The van der Waals surface area contributed by atoms with Gasteiger partial charge in [-0.2, -0.15) is 0 Å². The Labute approximate surface area is 88.9 Å². The van der Waals surface area contributed by atoms with Crippen LogP contribution in [0.2, 0.25) is 0 Å². The van der Waals surface area contributed by atoms with Gasteiger partial charge in [0.15, 0.2) is 0 Å². The van der Waals surface area contributed by atoms with Gasteiger partial charge in [-0.25, -0.2) is 0 Å². The van der Waals surface area contributed by atoms with Crippen molar-refractivity contribution >= 4 is 5.91 Å². The van der Waals surface area contributed by atoms with Crippen LogP contribution >= 0.6 is 0 Å². The molecule has 1 spiro atoms. The van der Waals surface area contributed by atoms with Crippen molar-refractivity contribution in [1.29, 1.82) is 0 Å². The average Bonchev–Trinajstić information content (AvgIpc) is 2.52. The Morgan fingerprint density at radius 1 is 1.27 bits per heavy atom. The van der Waals surface area contributed by atoms with E-state index in [1.807, 2.05) is 12.1 Å². The van der Waals surface area contributed by atoms with Gasteiger partial charge in [0.2, 0.25) is 0 Å². The minimum absolute atomic E-state index is 0.122. The number of carbonyl (C=O) groups is 1. The van der Waals surface area contributed by atoms with Gasteiger partial charge in [0.1, 0.15) is 0 Å². The quantitative estimate of drug-likeness (QED) is 0.627. The van der Waals surface area contributed by atoms with Crippen molar-refractivity contribution < 1.29 is 4.79 Å². The highest BCUT2D eigenvalue weighted by Crippen LogP contribution is 2.59. The molecule has 2 heteroatoms. The number of fused-ring (bicyclic) bond motifs is 2. The minimum Gasteiger partial charge on any atom is -0.329 e. The highest BCUT2D eigenvalue weighted by atomic mass is 16.2. The molecule has 76 valence electrons. The third-order valence-corrected chi connectivity index (χ3v) is 4.43. The minimum atomic E-state index is 0.122. The third kappa shape index (κ3) is 0.726. The summed E-state index contributed by atoms with van der Waals surface area (Å²) in [5.41, 5.74) is 2.38. The van der Waals surface area contributed by atoms with Crippen LogP contribution in [0.15, 0.2) is 24.3 Å². The molecule has 0 N–H and O–H groups in total. The number of piperidine rings is 2. The maximum absolute atomic E-state index is 12.2. The van der Waals surface area contributed by atoms with Crippen LogP contribution in [0.3, 0.4) is 0 Å². The summed E-state index contributed by atoms with van der Waals surface area (Å²) in [4.78, 5) is 14.3. The summed E-state index contributed by atoms with van der Waals surface area (Å²) in [6.45, 7) is 0.970. The number of hydrogen-bond donors (Lipinski definition) is 0. The van der Waals surface area contributed by atoms with Gasteiger partial charge in [0.25, 0.3) is 5.91 Å². The SMILES string of the molecule is O=C1c2ccccc2C23CC(CCN12)C3. The number of amides is 1. The standard InChI is InChI=1S/C13H13NO/c15-12-10-3-1-2-4-11(10)13-7-9(8-13)5-6-14(12)13/h1-4,9H,5-8H2. The maximum Gasteiger partial charge on any atom is 0.254 e. The lowest BCUT2D eigenvalue weighted by Crippen LogP contribution is -2.58. The van der Waals surface area contributed by atoms with Gasteiger partial charge in [0, 0.05) is 12.1 Å². The molecule has 0 aromatic heterocycles. The van der Waals surface area contributed by atoms with Crippen LogP contribution in [0.5, 0.6) is 0 Å². The Morgan fingerprint density at radius 2 is 2.07 bits per heavy atom. The fraction of sp³-hybridized carbons (Fsp3) is 0.462. The lowest BCUT2D eigenvalue weighted by molar-refractivity contribution is -0.0513. The molecule has 2 saturated heterocycles. The molecular formula is C13H13NO. The van der Waals surface area contributed by atoms with Crippen molar-refractivity contribution in [2.24, 2.45) is 5.92 Å². The van der Waals surface area contributed by atoms with Gasteiger partial charge < -0.3 is 4.90 Å². The Kier molecular flexibility index (Phi) is 1.19. The second-order valence-corrected chi connectivity index (χ2v) is 5.10. The lowest BCUT2D eigenvalue weighted by atomic mass is 9.61. The largest absolute Gasteiger partial charge is 0.329 e. The van der Waals surface area contributed by atoms with Crippen LogP contribution in [0.1, 0.15) is 35.2 Å². The normalized spacial score (nSPS) is 35.9. The maximum atomic E-state index is 12.2. The smallest absolute Gasteiger partial charge is 0.254 e. The molecule has 4 aliphatic rings. The van der Waals surface area contributed by atoms with Crippen LogP contribution in [0, 0.1) is 5.92 Å². The molecule has 3 heterocycles. The number of hydrogen-bond acceptors (Lipinski definition) is 1. The average molecular weight is 199 g/mol. The number of carbonyl (C=O) groups excluding carboxylic acids is 1. The van der Waals surface area contributed by atoms with Crippen molar-refractivity contribution in [2.45, 2.75) is 24.8 Å². The zero-order valence-corrected chi connectivity index (χ0v) is 8.57. The molecule has 0 radical (unpaired) electrons. The number of nitrogens with zero attached hydrogens (tertiary/aromatic N) is 1. The second-order valence-electron chi connectivity index (χ2n) is 5.10. The first-order valence-corrected chi connectivity index (χ1v) is 5.73. The topological polar surface area (TPSA) is 20.3 Å². The summed E-state index contributed by atoms with van der Waals surface area (Å²) in [6.07, 6.45) is 3.62. The first-order valence-electron chi connectivity index (χ1n) is 5.73. The van der Waals surface area contributed by atoms with Gasteiger partial charge in [-0.1, -0.05) is 18.2 Å². The van der Waals surface area contributed by atoms with Crippen LogP contribution in [0.25, 0.3) is 0 Å². The van der Waals surface area contributed by atoms with E-state index in [1.54, 1.807) is 0 Å². The van der Waals surface area contributed by atoms with E-state index in [0.717, 1.165) is 18.0 Å². The van der Waals surface area contributed by atoms with E-state index in [9.17, 15) is 4.79 Å². The summed E-state index contributed by atoms with van der Waals surface area (Å²) < 4.78 is 0. The van der Waals surface area contributed by atoms with E-state index >= 15 is 0 Å². The van der Waals surface area contributed by atoms with E-state index < -0.39 is 0 Å². The van der Waals surface area contributed by atoms with Gasteiger partial charge in [-0.15, -0.1) is 0 Å². The lowest BCUT2D eigenvalue weighted by Gasteiger charge is -2.56. The number of benzene rings is 1. The molecule has 2 bridgehead atoms. The monoisotopic (exact) mass is 199 g/mol. The first-order chi connectivity index (χ1) is 7.31. The van der Waals surface area contributed by atoms with Gasteiger partial charge in [0.05, 0.1) is 5.54 Å². The Balaban J connectivity index is 1.97. The molecule has 3 fully saturated rings. The second kappa shape index (κ2) is 2.26. The van der Waals surface area contributed by atoms with Gasteiger partial charge in [-0.3, -0.25) is 4.79 Å². The highest BCUT2D eigenvalue weighted by molar-refractivity contribution is 6.00. The van der Waals surface area contributed by atoms with E-state index in [4.69, 9.17) is 0 Å². The molecule has 1 saturated carbocycles. The Bertz CT molecular complexity index is 459. The zero-order chi connectivity index (χ0) is 10.0. The summed E-state index contributed by atoms with van der Waals surface area (Å²) in [6, 6.07) is 8.17. The van der Waals surface area contributed by atoms with E-state index in [-0.39, 0.29) is 11.4 Å². The fourth-order valence-electron chi connectivity index (χ4n) is 3.73. The van der Waals surface area contributed by atoms with Crippen LogP contribution in [-0.2, 0) is 5.54 Å². The Hall–Kier alpha value is -1.31. The van der Waals surface area contributed by atoms with E-state index in [2.05, 4.69) is 17.0 Å². The third-order valence-electron chi connectivity index (χ3n) is 4.43. The van der Waals surface area contributed by atoms with Crippen molar-refractivity contribution in [3.8, 4) is 0 Å². The first kappa shape index (κ1) is 7.91. The summed E-state index contributed by atoms with van der Waals surface area (Å²) in [5.74, 6) is 1.14. The number of rotatable bonds is 0. The summed E-state index contributed by atoms with van der Waals surface area (Å²) >= 11 is 0. The zero-order valence-electron chi connectivity index (χ0n) is 8.57. The molecule has 1 aromatic rings. The van der Waals surface area contributed by atoms with Gasteiger partial charge >= 0.3 is 0 Å². The van der Waals surface area contributed by atoms with Crippen LogP contribution < -0.4 is 0 Å². The molecule has 1 aromatic carbocycles. The van der Waals surface area contributed by atoms with Crippen LogP contribution in [-0.4, -0.2) is 17.4 Å². The predicted octanol–water partition coefficient (Wildman–Crippen LogP) is 2.15. The molecule has 0 atom stereocenters. The summed E-state index contributed by atoms with van der Waals surface area (Å²) in [7, 11) is 0. The van der Waals surface area contributed by atoms with E-state index in [0.29, 0.717) is 0 Å². The van der Waals surface area contributed by atoms with Crippen molar-refractivity contribution in [2.75, 3.05) is 6.54 Å². The molecule has 2 nitrogen and oxygen atoms in total. The fourth-order valence-corrected chi connectivity index (χ4v) is 3.73. The van der Waals surface area contributed by atoms with Crippen molar-refractivity contribution in [1.82, 2.24) is 4.90 Å². The molecule has 15 heavy (non-hydrogen) atoms. The van der Waals surface area contributed by atoms with Crippen LogP contribution in [0.4, 0.5) is 0 Å². The van der Waals surface area contributed by atoms with Crippen molar-refractivity contribution in [3.05, 3.63) is 35.4 Å². The molecule has 1 aliphatic carbocycles. The predicted molar refractivity (Wildman–Crippen MR) is 56.5 cm³/mol. The molecule has 1 amide bonds. The molecule has 0 unspecified atom stereocenters. The Morgan fingerprint density at radius 3 is 2.93 bits per heavy atom. The molecule has 3 aliphatic heterocycles. The van der Waals surface area contributed by atoms with E-state index in [1.165, 1.54) is 24.8 Å². The van der Waals surface area contributed by atoms with Crippen molar-refractivity contribution in [3.63, 3.8) is 0 Å².